The van der Waals surface area contributed by atoms with Crippen LogP contribution in [0.3, 0.4) is 0 Å². The molecule has 4 nitrogen and oxygen atoms in total. The molecule has 5 rings (SSSR count). The molecule has 4 aromatic rings. The summed E-state index contributed by atoms with van der Waals surface area (Å²) >= 11 is 0. The summed E-state index contributed by atoms with van der Waals surface area (Å²) < 4.78 is 0. The smallest absolute Gasteiger partial charge is 0.322 e. The lowest BCUT2D eigenvalue weighted by Crippen LogP contribution is -2.43. The molecule has 1 aromatic heterocycles. The van der Waals surface area contributed by atoms with E-state index in [9.17, 15) is 4.79 Å². The highest BCUT2D eigenvalue weighted by Gasteiger charge is 2.34. The summed E-state index contributed by atoms with van der Waals surface area (Å²) in [5.41, 5.74) is 9.01. The van der Waals surface area contributed by atoms with E-state index in [0.29, 0.717) is 6.54 Å². The maximum atomic E-state index is 13.5. The van der Waals surface area contributed by atoms with Gasteiger partial charge in [0, 0.05) is 28.8 Å². The molecule has 0 bridgehead atoms. The number of rotatable bonds is 2. The van der Waals surface area contributed by atoms with Gasteiger partial charge in [-0.15, -0.1) is 0 Å². The Morgan fingerprint density at radius 1 is 0.935 bits per heavy atom. The van der Waals surface area contributed by atoms with E-state index in [4.69, 9.17) is 0 Å². The second-order valence-electron chi connectivity index (χ2n) is 8.63. The van der Waals surface area contributed by atoms with Gasteiger partial charge in [0.2, 0.25) is 0 Å². The van der Waals surface area contributed by atoms with Gasteiger partial charge in [0.15, 0.2) is 0 Å². The maximum Gasteiger partial charge on any atom is 0.322 e. The van der Waals surface area contributed by atoms with Gasteiger partial charge >= 0.3 is 6.03 Å². The normalized spacial score (nSPS) is 15.7. The molecular weight excluding hydrogens is 382 g/mol. The zero-order valence-corrected chi connectivity index (χ0v) is 18.2. The van der Waals surface area contributed by atoms with Crippen molar-refractivity contribution in [3.8, 4) is 0 Å². The molecule has 1 aliphatic rings. The second kappa shape index (κ2) is 7.62. The van der Waals surface area contributed by atoms with Crippen LogP contribution in [0.4, 0.5) is 10.5 Å². The van der Waals surface area contributed by atoms with Crippen LogP contribution in [-0.2, 0) is 6.42 Å². The number of aromatic amines is 1. The number of hydrogen-bond acceptors (Lipinski definition) is 1. The van der Waals surface area contributed by atoms with Crippen molar-refractivity contribution in [1.82, 2.24) is 9.88 Å². The van der Waals surface area contributed by atoms with Crippen molar-refractivity contribution in [3.05, 3.63) is 100 Å². The number of benzene rings is 3. The Kier molecular flexibility index (Phi) is 4.78. The van der Waals surface area contributed by atoms with Crippen molar-refractivity contribution in [2.24, 2.45) is 0 Å². The zero-order chi connectivity index (χ0) is 21.5. The van der Waals surface area contributed by atoms with Gasteiger partial charge in [-0.3, -0.25) is 0 Å². The number of nitrogens with one attached hydrogen (secondary N) is 2. The third-order valence-corrected chi connectivity index (χ3v) is 6.16. The van der Waals surface area contributed by atoms with Gasteiger partial charge in [-0.1, -0.05) is 54.1 Å². The van der Waals surface area contributed by atoms with Crippen molar-refractivity contribution in [1.29, 1.82) is 0 Å². The lowest BCUT2D eigenvalue weighted by Gasteiger charge is -2.36. The van der Waals surface area contributed by atoms with Crippen LogP contribution >= 0.6 is 0 Å². The topological polar surface area (TPSA) is 48.1 Å². The number of aryl methyl sites for hydroxylation is 3. The van der Waals surface area contributed by atoms with E-state index >= 15 is 0 Å². The first kappa shape index (κ1) is 19.4. The van der Waals surface area contributed by atoms with Crippen LogP contribution in [-0.4, -0.2) is 22.5 Å². The van der Waals surface area contributed by atoms with Crippen LogP contribution in [0.15, 0.2) is 66.7 Å². The van der Waals surface area contributed by atoms with Crippen molar-refractivity contribution in [2.45, 2.75) is 33.2 Å². The summed E-state index contributed by atoms with van der Waals surface area (Å²) in [5.74, 6) is 0. The van der Waals surface area contributed by atoms with Crippen LogP contribution in [0.5, 0.6) is 0 Å². The number of carbonyl (C=O) groups is 1. The van der Waals surface area contributed by atoms with Gasteiger partial charge < -0.3 is 15.2 Å². The van der Waals surface area contributed by atoms with E-state index in [1.165, 1.54) is 16.5 Å². The molecule has 1 unspecified atom stereocenters. The van der Waals surface area contributed by atoms with Crippen LogP contribution in [0.25, 0.3) is 10.9 Å². The Hall–Kier alpha value is -3.53. The standard InChI is InChI=1S/C27H27N3O/c1-17-8-10-20(11-9-17)26-25-23(22-6-4-5-7-24(22)29-25)12-13-30(26)27(31)28-21-15-18(2)14-19(3)16-21/h4-11,14-16,26,29H,12-13H2,1-3H3,(H,28,31). The lowest BCUT2D eigenvalue weighted by molar-refractivity contribution is 0.193. The monoisotopic (exact) mass is 409 g/mol. The predicted molar refractivity (Wildman–Crippen MR) is 127 cm³/mol. The number of H-pyrrole nitrogens is 1. The van der Waals surface area contributed by atoms with Crippen molar-refractivity contribution in [3.63, 3.8) is 0 Å². The highest BCUT2D eigenvalue weighted by atomic mass is 16.2. The van der Waals surface area contributed by atoms with Gasteiger partial charge in [-0.05, 0) is 67.6 Å². The number of carbonyl (C=O) groups excluding carboxylic acids is 1. The molecular formula is C27H27N3O. The number of para-hydroxylation sites is 1. The van der Waals surface area contributed by atoms with Gasteiger partial charge in [-0.2, -0.15) is 0 Å². The number of hydrogen-bond donors (Lipinski definition) is 2. The molecule has 0 radical (unpaired) electrons. The first-order valence-electron chi connectivity index (χ1n) is 10.8. The largest absolute Gasteiger partial charge is 0.356 e. The van der Waals surface area contributed by atoms with Crippen molar-refractivity contribution < 1.29 is 4.79 Å². The van der Waals surface area contributed by atoms with E-state index in [1.54, 1.807) is 0 Å². The Bertz CT molecular complexity index is 1250. The van der Waals surface area contributed by atoms with Crippen LogP contribution < -0.4 is 5.32 Å². The highest BCUT2D eigenvalue weighted by molar-refractivity contribution is 5.91. The molecule has 0 saturated carbocycles. The van der Waals surface area contributed by atoms with Gasteiger partial charge in [0.1, 0.15) is 0 Å². The summed E-state index contributed by atoms with van der Waals surface area (Å²) in [5, 5.41) is 4.40. The fourth-order valence-electron chi connectivity index (χ4n) is 4.80. The number of nitrogens with zero attached hydrogens (tertiary/aromatic N) is 1. The quantitative estimate of drug-likeness (QED) is 0.402. The summed E-state index contributed by atoms with van der Waals surface area (Å²) in [6.45, 7) is 6.86. The number of fused-ring (bicyclic) bond motifs is 3. The molecule has 0 fully saturated rings. The minimum Gasteiger partial charge on any atom is -0.356 e. The van der Waals surface area contributed by atoms with E-state index in [-0.39, 0.29) is 12.1 Å². The van der Waals surface area contributed by atoms with E-state index in [2.05, 4.69) is 85.7 Å². The molecule has 156 valence electrons. The molecule has 31 heavy (non-hydrogen) atoms. The molecule has 2 amide bonds. The molecule has 2 heterocycles. The van der Waals surface area contributed by atoms with Gasteiger partial charge in [0.05, 0.1) is 6.04 Å². The van der Waals surface area contributed by atoms with Gasteiger partial charge in [-0.25, -0.2) is 4.79 Å². The minimum atomic E-state index is -0.150. The first-order chi connectivity index (χ1) is 15.0. The highest BCUT2D eigenvalue weighted by Crippen LogP contribution is 2.38. The Morgan fingerprint density at radius 3 is 2.39 bits per heavy atom. The average molecular weight is 410 g/mol. The Labute approximate surface area is 182 Å². The third kappa shape index (κ3) is 3.59. The van der Waals surface area contributed by atoms with E-state index < -0.39 is 0 Å². The predicted octanol–water partition coefficient (Wildman–Crippen LogP) is 6.27. The molecule has 0 spiro atoms. The summed E-state index contributed by atoms with van der Waals surface area (Å²) in [6, 6.07) is 22.8. The fraction of sp³-hybridized carbons (Fsp3) is 0.222. The molecule has 4 heteroatoms. The van der Waals surface area contributed by atoms with E-state index in [0.717, 1.165) is 40.0 Å². The zero-order valence-electron chi connectivity index (χ0n) is 18.2. The third-order valence-electron chi connectivity index (χ3n) is 6.16. The molecule has 0 aliphatic carbocycles. The van der Waals surface area contributed by atoms with Crippen LogP contribution in [0.1, 0.15) is 39.6 Å². The Morgan fingerprint density at radius 2 is 1.65 bits per heavy atom. The van der Waals surface area contributed by atoms with Gasteiger partial charge in [0.25, 0.3) is 0 Å². The second-order valence-corrected chi connectivity index (χ2v) is 8.63. The number of amides is 2. The molecule has 2 N–H and O–H groups in total. The summed E-state index contributed by atoms with van der Waals surface area (Å²) in [6.07, 6.45) is 0.835. The van der Waals surface area contributed by atoms with Crippen molar-refractivity contribution >= 4 is 22.6 Å². The van der Waals surface area contributed by atoms with E-state index in [1.807, 2.05) is 17.0 Å². The lowest BCUT2D eigenvalue weighted by atomic mass is 9.92. The minimum absolute atomic E-state index is 0.0696. The number of aromatic nitrogens is 1. The fourth-order valence-corrected chi connectivity index (χ4v) is 4.80. The van der Waals surface area contributed by atoms with Crippen LogP contribution in [0, 0.1) is 20.8 Å². The molecule has 0 saturated heterocycles. The summed E-state index contributed by atoms with van der Waals surface area (Å²) in [4.78, 5) is 19.0. The molecule has 1 atom stereocenters. The molecule has 1 aliphatic heterocycles. The van der Waals surface area contributed by atoms with Crippen LogP contribution in [0.2, 0.25) is 0 Å². The first-order valence-corrected chi connectivity index (χ1v) is 10.8. The Balaban J connectivity index is 1.57. The van der Waals surface area contributed by atoms with Crippen molar-refractivity contribution in [2.75, 3.05) is 11.9 Å². The average Bonchev–Trinajstić information content (AvgIpc) is 3.12. The SMILES string of the molecule is Cc1ccc(C2c3[nH]c4ccccc4c3CCN2C(=O)Nc2cc(C)cc(C)c2)cc1. The number of anilines is 1. The molecule has 3 aromatic carbocycles. The maximum absolute atomic E-state index is 13.5. The number of urea groups is 1. The summed E-state index contributed by atoms with van der Waals surface area (Å²) in [7, 11) is 0.